The van der Waals surface area contributed by atoms with E-state index in [1.165, 1.54) is 11.1 Å². The van der Waals surface area contributed by atoms with E-state index >= 15 is 0 Å². The van der Waals surface area contributed by atoms with E-state index in [0.29, 0.717) is 6.04 Å². The van der Waals surface area contributed by atoms with Crippen LogP contribution in [0.4, 0.5) is 0 Å². The minimum atomic E-state index is 0. The highest BCUT2D eigenvalue weighted by molar-refractivity contribution is 5.85. The molecule has 146 valence electrons. The Hall–Kier alpha value is -1.84. The monoisotopic (exact) mass is 386 g/mol. The normalized spacial score (nSPS) is 20.3. The third-order valence-corrected chi connectivity index (χ3v) is 5.31. The van der Waals surface area contributed by atoms with E-state index in [2.05, 4.69) is 72.2 Å². The Morgan fingerprint density at radius 1 is 1.11 bits per heavy atom. The van der Waals surface area contributed by atoms with Gasteiger partial charge in [0.1, 0.15) is 0 Å². The van der Waals surface area contributed by atoms with Crippen molar-refractivity contribution < 1.29 is 4.79 Å². The van der Waals surface area contributed by atoms with Crippen molar-refractivity contribution in [1.82, 2.24) is 10.6 Å². The molecule has 0 radical (unpaired) electrons. The van der Waals surface area contributed by atoms with Gasteiger partial charge >= 0.3 is 0 Å². The molecular weight excluding hydrogens is 356 g/mol. The summed E-state index contributed by atoms with van der Waals surface area (Å²) in [5.41, 5.74) is 2.56. The van der Waals surface area contributed by atoms with Crippen LogP contribution in [-0.4, -0.2) is 18.5 Å². The van der Waals surface area contributed by atoms with Crippen LogP contribution in [0.1, 0.15) is 49.8 Å². The first-order valence-corrected chi connectivity index (χ1v) is 9.85. The summed E-state index contributed by atoms with van der Waals surface area (Å²) in [6.45, 7) is 3.09. The van der Waals surface area contributed by atoms with Gasteiger partial charge in [0.15, 0.2) is 0 Å². The van der Waals surface area contributed by atoms with E-state index in [1.807, 2.05) is 6.07 Å². The van der Waals surface area contributed by atoms with E-state index in [0.717, 1.165) is 38.6 Å². The second-order valence-electron chi connectivity index (χ2n) is 7.43. The number of carbonyl (C=O) groups is 1. The fraction of sp³-hybridized carbons (Fsp3) is 0.435. The van der Waals surface area contributed by atoms with Crippen LogP contribution in [0, 0.1) is 5.92 Å². The van der Waals surface area contributed by atoms with Crippen molar-refractivity contribution in [2.24, 2.45) is 5.92 Å². The summed E-state index contributed by atoms with van der Waals surface area (Å²) >= 11 is 0. The topological polar surface area (TPSA) is 41.1 Å². The first-order chi connectivity index (χ1) is 12.7. The lowest BCUT2D eigenvalue weighted by Gasteiger charge is -2.29. The Bertz CT molecular complexity index is 677. The summed E-state index contributed by atoms with van der Waals surface area (Å²) < 4.78 is 0. The van der Waals surface area contributed by atoms with Crippen LogP contribution in [0.25, 0.3) is 0 Å². The number of rotatable bonds is 7. The van der Waals surface area contributed by atoms with Gasteiger partial charge in [-0.25, -0.2) is 0 Å². The molecule has 1 fully saturated rings. The quantitative estimate of drug-likeness (QED) is 0.725. The molecule has 3 atom stereocenters. The molecule has 0 saturated carbocycles. The lowest BCUT2D eigenvalue weighted by atomic mass is 9.91. The van der Waals surface area contributed by atoms with Crippen LogP contribution in [0.2, 0.25) is 0 Å². The average Bonchev–Trinajstić information content (AvgIpc) is 2.68. The van der Waals surface area contributed by atoms with Crippen molar-refractivity contribution in [3.63, 3.8) is 0 Å². The van der Waals surface area contributed by atoms with E-state index in [4.69, 9.17) is 0 Å². The first kappa shape index (κ1) is 21.5. The van der Waals surface area contributed by atoms with E-state index < -0.39 is 0 Å². The summed E-state index contributed by atoms with van der Waals surface area (Å²) in [6, 6.07) is 21.5. The molecule has 0 aliphatic carbocycles. The number of piperidine rings is 1. The van der Waals surface area contributed by atoms with Gasteiger partial charge in [0.05, 0.1) is 6.04 Å². The van der Waals surface area contributed by atoms with Gasteiger partial charge in [-0.05, 0) is 56.7 Å². The van der Waals surface area contributed by atoms with Gasteiger partial charge in [-0.1, -0.05) is 60.7 Å². The van der Waals surface area contributed by atoms with Crippen molar-refractivity contribution >= 4 is 18.3 Å². The molecule has 2 N–H and O–H groups in total. The molecule has 2 aromatic rings. The molecule has 1 saturated heterocycles. The van der Waals surface area contributed by atoms with Gasteiger partial charge in [0.2, 0.25) is 5.91 Å². The number of amides is 1. The predicted octanol–water partition coefficient (Wildman–Crippen LogP) is 4.68. The molecule has 3 rings (SSSR count). The second kappa shape index (κ2) is 11.1. The molecule has 27 heavy (non-hydrogen) atoms. The van der Waals surface area contributed by atoms with Crippen LogP contribution in [-0.2, 0) is 11.2 Å². The summed E-state index contributed by atoms with van der Waals surface area (Å²) in [5, 5.41) is 6.77. The summed E-state index contributed by atoms with van der Waals surface area (Å²) in [6.07, 6.45) is 4.93. The van der Waals surface area contributed by atoms with Crippen molar-refractivity contribution in [2.75, 3.05) is 6.54 Å². The molecule has 0 spiro atoms. The van der Waals surface area contributed by atoms with Crippen LogP contribution in [0.3, 0.4) is 0 Å². The molecule has 1 heterocycles. The van der Waals surface area contributed by atoms with Crippen LogP contribution >= 0.6 is 12.4 Å². The number of hydrogen-bond donors (Lipinski definition) is 2. The Morgan fingerprint density at radius 2 is 1.78 bits per heavy atom. The molecule has 0 aromatic heterocycles. The first-order valence-electron chi connectivity index (χ1n) is 9.85. The largest absolute Gasteiger partial charge is 0.349 e. The number of halogens is 1. The van der Waals surface area contributed by atoms with E-state index in [9.17, 15) is 4.79 Å². The fourth-order valence-electron chi connectivity index (χ4n) is 3.82. The molecule has 4 heteroatoms. The third kappa shape index (κ3) is 6.67. The third-order valence-electron chi connectivity index (χ3n) is 5.31. The zero-order valence-corrected chi connectivity index (χ0v) is 16.9. The van der Waals surface area contributed by atoms with Gasteiger partial charge in [0.25, 0.3) is 0 Å². The Labute approximate surface area is 169 Å². The molecule has 2 aromatic carbocycles. The van der Waals surface area contributed by atoms with Crippen molar-refractivity contribution in [3.8, 4) is 0 Å². The molecular formula is C23H31ClN2O. The number of carbonyl (C=O) groups excluding carboxylic acids is 1. The Balaban J connectivity index is 0.00000261. The molecule has 1 amide bonds. The molecule has 3 nitrogen and oxygen atoms in total. The molecule has 1 aliphatic heterocycles. The minimum absolute atomic E-state index is 0. The van der Waals surface area contributed by atoms with Crippen molar-refractivity contribution in [1.29, 1.82) is 0 Å². The van der Waals surface area contributed by atoms with Gasteiger partial charge in [0, 0.05) is 12.0 Å². The zero-order chi connectivity index (χ0) is 18.2. The second-order valence-corrected chi connectivity index (χ2v) is 7.43. The number of hydrogen-bond acceptors (Lipinski definition) is 2. The standard InChI is InChI=1S/C23H30N2O.ClH/c1-18-17-21(15-16-24-18)23(26)25-22(20-12-6-3-7-13-20)14-8-11-19-9-4-2-5-10-19;/h2-7,9-10,12-13,18,21-22,24H,8,11,14-17H2,1H3,(H,25,26);1H/t18-,21-,22?;/m0./s1. The average molecular weight is 387 g/mol. The van der Waals surface area contributed by atoms with Gasteiger partial charge in [-0.3, -0.25) is 4.79 Å². The summed E-state index contributed by atoms with van der Waals surface area (Å²) in [7, 11) is 0. The van der Waals surface area contributed by atoms with Gasteiger partial charge < -0.3 is 10.6 Å². The highest BCUT2D eigenvalue weighted by atomic mass is 35.5. The van der Waals surface area contributed by atoms with E-state index in [-0.39, 0.29) is 30.3 Å². The van der Waals surface area contributed by atoms with Gasteiger partial charge in [-0.15, -0.1) is 12.4 Å². The molecule has 0 bridgehead atoms. The number of nitrogens with one attached hydrogen (secondary N) is 2. The molecule has 1 aliphatic rings. The van der Waals surface area contributed by atoms with Crippen LogP contribution in [0.15, 0.2) is 60.7 Å². The lowest BCUT2D eigenvalue weighted by Crippen LogP contribution is -2.43. The molecule has 1 unspecified atom stereocenters. The smallest absolute Gasteiger partial charge is 0.223 e. The van der Waals surface area contributed by atoms with Crippen LogP contribution in [0.5, 0.6) is 0 Å². The lowest BCUT2D eigenvalue weighted by molar-refractivity contribution is -0.126. The maximum atomic E-state index is 12.8. The number of benzene rings is 2. The minimum Gasteiger partial charge on any atom is -0.349 e. The van der Waals surface area contributed by atoms with Crippen LogP contribution < -0.4 is 10.6 Å². The SMILES string of the molecule is C[C@H]1C[C@@H](C(=O)NC(CCCc2ccccc2)c2ccccc2)CCN1.Cl. The highest BCUT2D eigenvalue weighted by Gasteiger charge is 2.26. The highest BCUT2D eigenvalue weighted by Crippen LogP contribution is 2.23. The fourth-order valence-corrected chi connectivity index (χ4v) is 3.82. The number of aryl methyl sites for hydroxylation is 1. The maximum Gasteiger partial charge on any atom is 0.223 e. The summed E-state index contributed by atoms with van der Waals surface area (Å²) in [4.78, 5) is 12.8. The Morgan fingerprint density at radius 3 is 2.44 bits per heavy atom. The zero-order valence-electron chi connectivity index (χ0n) is 16.1. The summed E-state index contributed by atoms with van der Waals surface area (Å²) in [5.74, 6) is 0.346. The van der Waals surface area contributed by atoms with Crippen molar-refractivity contribution in [3.05, 3.63) is 71.8 Å². The Kier molecular flexibility index (Phi) is 8.83. The maximum absolute atomic E-state index is 12.8. The predicted molar refractivity (Wildman–Crippen MR) is 114 cm³/mol. The van der Waals surface area contributed by atoms with Gasteiger partial charge in [-0.2, -0.15) is 0 Å². The van der Waals surface area contributed by atoms with E-state index in [1.54, 1.807) is 0 Å². The van der Waals surface area contributed by atoms with Crippen molar-refractivity contribution in [2.45, 2.75) is 51.1 Å².